The van der Waals surface area contributed by atoms with Gasteiger partial charge in [-0.2, -0.15) is 10.2 Å². The van der Waals surface area contributed by atoms with E-state index >= 15 is 0 Å². The number of esters is 1. The molecule has 0 spiro atoms. The van der Waals surface area contributed by atoms with Crippen molar-refractivity contribution in [1.82, 2.24) is 4.98 Å². The lowest BCUT2D eigenvalue weighted by molar-refractivity contribution is -0.137. The molecule has 148 valence electrons. The fourth-order valence-corrected chi connectivity index (χ4v) is 5.27. The van der Waals surface area contributed by atoms with Crippen molar-refractivity contribution in [2.24, 2.45) is 16.1 Å². The maximum atomic E-state index is 12.1. The summed E-state index contributed by atoms with van der Waals surface area (Å²) in [7, 11) is 3.42. The second-order valence-corrected chi connectivity index (χ2v) is 8.97. The molecule has 2 aromatic carbocycles. The average molecular weight is 432 g/mol. The number of rotatable bonds is 4. The Balaban J connectivity index is 1.34. The van der Waals surface area contributed by atoms with Crippen LogP contribution >= 0.6 is 21.6 Å². The quantitative estimate of drug-likeness (QED) is 0.171. The second-order valence-electron chi connectivity index (χ2n) is 6.41. The maximum absolute atomic E-state index is 12.1. The highest BCUT2D eigenvalue weighted by Gasteiger charge is 2.25. The zero-order valence-electron chi connectivity index (χ0n) is 15.9. The van der Waals surface area contributed by atoms with Crippen molar-refractivity contribution >= 4 is 38.9 Å². The van der Waals surface area contributed by atoms with Crippen molar-refractivity contribution < 1.29 is 9.53 Å². The molecule has 0 amide bonds. The van der Waals surface area contributed by atoms with Gasteiger partial charge < -0.3 is 4.74 Å². The molecule has 1 aromatic heterocycles. The van der Waals surface area contributed by atoms with Crippen LogP contribution in [0.3, 0.4) is 0 Å². The van der Waals surface area contributed by atoms with E-state index in [-0.39, 0.29) is 11.9 Å². The predicted molar refractivity (Wildman–Crippen MR) is 121 cm³/mol. The Bertz CT molecular complexity index is 1080. The van der Waals surface area contributed by atoms with Crippen LogP contribution in [-0.4, -0.2) is 22.5 Å². The van der Waals surface area contributed by atoms with Gasteiger partial charge in [0.1, 0.15) is 5.75 Å². The number of carbonyl (C=O) groups excluding carboxylic acids is 1. The van der Waals surface area contributed by atoms with Gasteiger partial charge in [-0.15, -0.1) is 0 Å². The number of ether oxygens (including phenoxy) is 1. The van der Waals surface area contributed by atoms with Gasteiger partial charge in [0.25, 0.3) is 0 Å². The van der Waals surface area contributed by atoms with Gasteiger partial charge in [-0.25, -0.2) is 0 Å². The molecule has 5 nitrogen and oxygen atoms in total. The van der Waals surface area contributed by atoms with Gasteiger partial charge in [0, 0.05) is 35.0 Å². The van der Waals surface area contributed by atoms with E-state index in [0.29, 0.717) is 11.4 Å². The van der Waals surface area contributed by atoms with Crippen LogP contribution in [0.2, 0.25) is 0 Å². The monoisotopic (exact) mass is 431 g/mol. The molecule has 0 atom stereocenters. The van der Waals surface area contributed by atoms with E-state index in [4.69, 9.17) is 4.74 Å². The Morgan fingerprint density at radius 3 is 1.97 bits per heavy atom. The lowest BCUT2D eigenvalue weighted by Crippen LogP contribution is -2.21. The molecule has 0 aliphatic carbocycles. The third kappa shape index (κ3) is 5.72. The van der Waals surface area contributed by atoms with Crippen LogP contribution in [0.25, 0.3) is 0 Å². The van der Waals surface area contributed by atoms with Crippen molar-refractivity contribution in [3.8, 4) is 17.6 Å². The van der Waals surface area contributed by atoms with Crippen molar-refractivity contribution in [2.45, 2.75) is 0 Å². The number of hydrogen-bond acceptors (Lipinski definition) is 7. The van der Waals surface area contributed by atoms with Gasteiger partial charge >= 0.3 is 5.97 Å². The van der Waals surface area contributed by atoms with E-state index < -0.39 is 0 Å². The second kappa shape index (κ2) is 10.1. The summed E-state index contributed by atoms with van der Waals surface area (Å²) in [5.74, 6) is 8.14. The van der Waals surface area contributed by atoms with Gasteiger partial charge in [-0.05, 0) is 60.7 Å². The molecule has 0 radical (unpaired) electrons. The Hall–Kier alpha value is -3.08. The van der Waals surface area contributed by atoms with Crippen molar-refractivity contribution in [2.75, 3.05) is 11.5 Å². The van der Waals surface area contributed by atoms with Gasteiger partial charge in [-0.3, -0.25) is 9.78 Å². The maximum Gasteiger partial charge on any atom is 0.316 e. The molecule has 0 bridgehead atoms. The minimum atomic E-state index is -0.172. The van der Waals surface area contributed by atoms with E-state index in [1.165, 1.54) is 0 Å². The minimum absolute atomic E-state index is 0.0308. The first-order valence-corrected chi connectivity index (χ1v) is 11.7. The molecule has 1 saturated heterocycles. The molecule has 0 N–H and O–H groups in total. The molecular weight excluding hydrogens is 414 g/mol. The first kappa shape index (κ1) is 20.2. The molecule has 1 fully saturated rings. The standard InChI is InChI=1S/C23H17N3O2S2/c27-23(19-15-29-30-16-19)28-22-9-7-21(8-10-22)26-25-20-5-3-17(4-6-20)1-2-18-11-13-24-14-12-18/h3-14,19H,15-16H2. The normalized spacial score (nSPS) is 13.7. The van der Waals surface area contributed by atoms with Crippen molar-refractivity contribution in [3.05, 3.63) is 84.2 Å². The molecule has 0 saturated carbocycles. The van der Waals surface area contributed by atoms with Crippen LogP contribution in [0.15, 0.2) is 83.3 Å². The number of aromatic nitrogens is 1. The smallest absolute Gasteiger partial charge is 0.316 e. The summed E-state index contributed by atoms with van der Waals surface area (Å²) in [6.45, 7) is 0. The summed E-state index contributed by atoms with van der Waals surface area (Å²) in [5, 5.41) is 8.48. The zero-order valence-corrected chi connectivity index (χ0v) is 17.5. The number of benzene rings is 2. The lowest BCUT2D eigenvalue weighted by atomic mass is 10.2. The Morgan fingerprint density at radius 2 is 1.37 bits per heavy atom. The number of azo groups is 1. The van der Waals surface area contributed by atoms with E-state index in [0.717, 1.165) is 28.3 Å². The van der Waals surface area contributed by atoms with Crippen LogP contribution in [0, 0.1) is 17.8 Å². The highest BCUT2D eigenvalue weighted by Crippen LogP contribution is 2.35. The summed E-state index contributed by atoms with van der Waals surface area (Å²) in [5.41, 5.74) is 3.24. The summed E-state index contributed by atoms with van der Waals surface area (Å²) >= 11 is 0. The number of hydrogen-bond donors (Lipinski definition) is 0. The SMILES string of the molecule is O=C(Oc1ccc(N=Nc2ccc(C#Cc3ccncc3)cc2)cc1)C1CSSC1. The fraction of sp³-hybridized carbons (Fsp3) is 0.130. The van der Waals surface area contributed by atoms with E-state index in [1.54, 1.807) is 58.2 Å². The summed E-state index contributed by atoms with van der Waals surface area (Å²) < 4.78 is 5.43. The largest absolute Gasteiger partial charge is 0.426 e. The van der Waals surface area contributed by atoms with Crippen LogP contribution in [0.1, 0.15) is 11.1 Å². The van der Waals surface area contributed by atoms with Gasteiger partial charge in [0.15, 0.2) is 0 Å². The summed E-state index contributed by atoms with van der Waals surface area (Å²) in [4.78, 5) is 16.0. The average Bonchev–Trinajstić information content (AvgIpc) is 3.34. The molecule has 1 aliphatic heterocycles. The summed E-state index contributed by atoms with van der Waals surface area (Å²) in [6, 6.07) is 18.3. The van der Waals surface area contributed by atoms with Crippen LogP contribution in [0.5, 0.6) is 5.75 Å². The Morgan fingerprint density at radius 1 is 0.833 bits per heavy atom. The third-order valence-corrected chi connectivity index (χ3v) is 6.75. The fourth-order valence-electron chi connectivity index (χ4n) is 2.53. The predicted octanol–water partition coefficient (Wildman–Crippen LogP) is 5.81. The van der Waals surface area contributed by atoms with Gasteiger partial charge in [0.2, 0.25) is 0 Å². The first-order chi connectivity index (χ1) is 14.8. The number of nitrogens with zero attached hydrogens (tertiary/aromatic N) is 3. The van der Waals surface area contributed by atoms with Crippen LogP contribution < -0.4 is 4.74 Å². The van der Waals surface area contributed by atoms with Gasteiger partial charge in [-0.1, -0.05) is 33.4 Å². The van der Waals surface area contributed by atoms with E-state index in [1.807, 2.05) is 36.4 Å². The minimum Gasteiger partial charge on any atom is -0.426 e. The van der Waals surface area contributed by atoms with Crippen molar-refractivity contribution in [3.63, 3.8) is 0 Å². The molecular formula is C23H17N3O2S2. The zero-order chi connectivity index (χ0) is 20.6. The molecule has 2 heterocycles. The van der Waals surface area contributed by atoms with Gasteiger partial charge in [0.05, 0.1) is 17.3 Å². The first-order valence-electron chi connectivity index (χ1n) is 9.26. The third-order valence-electron chi connectivity index (χ3n) is 4.19. The Kier molecular flexibility index (Phi) is 6.80. The molecule has 1 aliphatic rings. The Labute approximate surface area is 182 Å². The molecule has 7 heteroatoms. The van der Waals surface area contributed by atoms with E-state index in [9.17, 15) is 4.79 Å². The summed E-state index contributed by atoms with van der Waals surface area (Å²) in [6.07, 6.45) is 3.44. The lowest BCUT2D eigenvalue weighted by Gasteiger charge is -2.07. The number of carbonyl (C=O) groups is 1. The topological polar surface area (TPSA) is 63.9 Å². The molecule has 30 heavy (non-hydrogen) atoms. The van der Waals surface area contributed by atoms with Crippen LogP contribution in [-0.2, 0) is 4.79 Å². The molecule has 4 rings (SSSR count). The number of pyridine rings is 1. The molecule has 3 aromatic rings. The highest BCUT2D eigenvalue weighted by molar-refractivity contribution is 8.77. The van der Waals surface area contributed by atoms with Crippen molar-refractivity contribution in [1.29, 1.82) is 0 Å². The van der Waals surface area contributed by atoms with E-state index in [2.05, 4.69) is 27.1 Å². The molecule has 0 unspecified atom stereocenters. The van der Waals surface area contributed by atoms with Crippen LogP contribution in [0.4, 0.5) is 11.4 Å². The highest BCUT2D eigenvalue weighted by atomic mass is 33.1.